The van der Waals surface area contributed by atoms with Crippen molar-refractivity contribution in [3.8, 4) is 5.75 Å². The summed E-state index contributed by atoms with van der Waals surface area (Å²) in [7, 11) is -3.59. The van der Waals surface area contributed by atoms with Crippen molar-refractivity contribution in [1.29, 1.82) is 0 Å². The lowest BCUT2D eigenvalue weighted by Crippen LogP contribution is -2.08. The number of para-hydroxylation sites is 2. The molecular formula is C14H21ClNO4P. The Morgan fingerprint density at radius 2 is 1.76 bits per heavy atom. The number of hydrogen-bond donors (Lipinski definition) is 2. The average molecular weight is 334 g/mol. The maximum atomic E-state index is 12.7. The summed E-state index contributed by atoms with van der Waals surface area (Å²) >= 11 is 6.08. The highest BCUT2D eigenvalue weighted by Crippen LogP contribution is 2.59. The second kappa shape index (κ2) is 7.85. The highest BCUT2D eigenvalue weighted by molar-refractivity contribution is 7.61. The zero-order chi connectivity index (χ0) is 16.0. The van der Waals surface area contributed by atoms with Crippen molar-refractivity contribution in [3.05, 3.63) is 35.2 Å². The lowest BCUT2D eigenvalue weighted by Gasteiger charge is -2.22. The number of hydrogen-bond acceptors (Lipinski definition) is 5. The molecule has 0 fully saturated rings. The second-order valence-electron chi connectivity index (χ2n) is 4.93. The molecule has 1 aromatic carbocycles. The van der Waals surface area contributed by atoms with Gasteiger partial charge < -0.3 is 19.5 Å². The number of phenolic OH excluding ortho intramolecular Hbond substituents is 1. The van der Waals surface area contributed by atoms with Crippen LogP contribution in [0.4, 0.5) is 5.69 Å². The summed E-state index contributed by atoms with van der Waals surface area (Å²) in [4.78, 5) is 0. The molecule has 0 amide bonds. The third-order valence-electron chi connectivity index (χ3n) is 2.21. The Morgan fingerprint density at radius 1 is 1.24 bits per heavy atom. The van der Waals surface area contributed by atoms with Gasteiger partial charge in [0, 0.05) is 6.20 Å². The van der Waals surface area contributed by atoms with E-state index in [-0.39, 0.29) is 22.7 Å². The van der Waals surface area contributed by atoms with E-state index in [4.69, 9.17) is 20.6 Å². The first-order valence-corrected chi connectivity index (χ1v) is 8.54. The molecular weight excluding hydrogens is 313 g/mol. The Kier molecular flexibility index (Phi) is 6.75. The van der Waals surface area contributed by atoms with E-state index in [1.807, 2.05) is 0 Å². The van der Waals surface area contributed by atoms with Gasteiger partial charge in [0.15, 0.2) is 0 Å². The van der Waals surface area contributed by atoms with Crippen molar-refractivity contribution in [3.63, 3.8) is 0 Å². The number of anilines is 1. The third-order valence-corrected chi connectivity index (χ3v) is 4.99. The van der Waals surface area contributed by atoms with Crippen LogP contribution in [0.3, 0.4) is 0 Å². The second-order valence-corrected chi connectivity index (χ2v) is 7.50. The van der Waals surface area contributed by atoms with Gasteiger partial charge in [0.05, 0.1) is 17.9 Å². The molecule has 0 spiro atoms. The SMILES string of the molecule is CC(C)OP(=O)(OC(C)C)/C(Cl)=C/Nc1ccccc1O. The molecule has 0 radical (unpaired) electrons. The van der Waals surface area contributed by atoms with Crippen LogP contribution in [-0.2, 0) is 13.6 Å². The van der Waals surface area contributed by atoms with Crippen LogP contribution >= 0.6 is 19.2 Å². The average Bonchev–Trinajstić information content (AvgIpc) is 2.35. The van der Waals surface area contributed by atoms with Gasteiger partial charge in [-0.2, -0.15) is 0 Å². The predicted molar refractivity (Wildman–Crippen MR) is 85.7 cm³/mol. The third kappa shape index (κ3) is 5.71. The van der Waals surface area contributed by atoms with Gasteiger partial charge >= 0.3 is 7.60 Å². The maximum absolute atomic E-state index is 12.7. The minimum absolute atomic E-state index is 0.0580. The van der Waals surface area contributed by atoms with Crippen molar-refractivity contribution >= 4 is 24.9 Å². The van der Waals surface area contributed by atoms with Gasteiger partial charge in [0.1, 0.15) is 10.5 Å². The molecule has 0 atom stereocenters. The molecule has 5 nitrogen and oxygen atoms in total. The van der Waals surface area contributed by atoms with Gasteiger partial charge in [0.25, 0.3) is 0 Å². The van der Waals surface area contributed by atoms with E-state index in [9.17, 15) is 9.67 Å². The Hall–Kier alpha value is -1.00. The number of benzene rings is 1. The molecule has 1 aromatic rings. The standard InChI is InChI=1S/C14H21ClNO4P/c1-10(2)19-21(18,20-11(3)4)14(15)9-16-12-7-5-6-8-13(12)17/h5-11,16-17H,1-4H3/b14-9+. The monoisotopic (exact) mass is 333 g/mol. The molecule has 0 aliphatic heterocycles. The molecule has 0 heterocycles. The van der Waals surface area contributed by atoms with Crippen molar-refractivity contribution in [2.75, 3.05) is 5.32 Å². The van der Waals surface area contributed by atoms with E-state index in [2.05, 4.69) is 5.32 Å². The van der Waals surface area contributed by atoms with Crippen molar-refractivity contribution < 1.29 is 18.7 Å². The molecule has 0 aromatic heterocycles. The van der Waals surface area contributed by atoms with Gasteiger partial charge in [-0.05, 0) is 39.8 Å². The minimum Gasteiger partial charge on any atom is -0.506 e. The summed E-state index contributed by atoms with van der Waals surface area (Å²) < 4.78 is 23.3. The van der Waals surface area contributed by atoms with Gasteiger partial charge in [-0.1, -0.05) is 23.7 Å². The Morgan fingerprint density at radius 3 is 2.24 bits per heavy atom. The van der Waals surface area contributed by atoms with E-state index in [0.29, 0.717) is 5.69 Å². The van der Waals surface area contributed by atoms with Crippen LogP contribution in [0.2, 0.25) is 0 Å². The smallest absolute Gasteiger partial charge is 0.374 e. The topological polar surface area (TPSA) is 67.8 Å². The fraction of sp³-hybridized carbons (Fsp3) is 0.429. The molecule has 21 heavy (non-hydrogen) atoms. The summed E-state index contributed by atoms with van der Waals surface area (Å²) in [6, 6.07) is 6.63. The number of rotatable bonds is 7. The Balaban J connectivity index is 2.94. The van der Waals surface area contributed by atoms with E-state index in [1.165, 1.54) is 12.3 Å². The van der Waals surface area contributed by atoms with Crippen LogP contribution in [0.5, 0.6) is 5.75 Å². The number of aromatic hydroxyl groups is 1. The predicted octanol–water partition coefficient (Wildman–Crippen LogP) is 4.88. The number of phenols is 1. The van der Waals surface area contributed by atoms with Crippen LogP contribution < -0.4 is 5.32 Å². The van der Waals surface area contributed by atoms with E-state index >= 15 is 0 Å². The molecule has 2 N–H and O–H groups in total. The first-order chi connectivity index (χ1) is 9.74. The molecule has 7 heteroatoms. The van der Waals surface area contributed by atoms with E-state index in [0.717, 1.165) is 0 Å². The maximum Gasteiger partial charge on any atom is 0.374 e. The fourth-order valence-electron chi connectivity index (χ4n) is 1.49. The van der Waals surface area contributed by atoms with Gasteiger partial charge in [0.2, 0.25) is 0 Å². The van der Waals surface area contributed by atoms with Crippen LogP contribution in [0.25, 0.3) is 0 Å². The Labute approximate surface area is 130 Å². The number of halogens is 1. The molecule has 0 aliphatic rings. The zero-order valence-corrected chi connectivity index (χ0v) is 14.2. The van der Waals surface area contributed by atoms with Gasteiger partial charge in [-0.15, -0.1) is 0 Å². The fourth-order valence-corrected chi connectivity index (χ4v) is 3.37. The molecule has 1 rings (SSSR count). The summed E-state index contributed by atoms with van der Waals surface area (Å²) in [5.41, 5.74) is 0.441. The van der Waals surface area contributed by atoms with Crippen molar-refractivity contribution in [1.82, 2.24) is 0 Å². The van der Waals surface area contributed by atoms with Gasteiger partial charge in [-0.3, -0.25) is 4.57 Å². The first-order valence-electron chi connectivity index (χ1n) is 6.62. The molecule has 0 bridgehead atoms. The first kappa shape index (κ1) is 18.1. The number of nitrogens with one attached hydrogen (secondary N) is 1. The highest BCUT2D eigenvalue weighted by Gasteiger charge is 2.32. The molecule has 0 unspecified atom stereocenters. The van der Waals surface area contributed by atoms with Crippen LogP contribution in [0.15, 0.2) is 35.2 Å². The van der Waals surface area contributed by atoms with Crippen molar-refractivity contribution in [2.45, 2.75) is 39.9 Å². The minimum atomic E-state index is -3.59. The van der Waals surface area contributed by atoms with E-state index < -0.39 is 7.60 Å². The normalized spacial score (nSPS) is 13.0. The van der Waals surface area contributed by atoms with E-state index in [1.54, 1.807) is 45.9 Å². The highest BCUT2D eigenvalue weighted by atomic mass is 35.5. The quantitative estimate of drug-likeness (QED) is 0.549. The lowest BCUT2D eigenvalue weighted by atomic mass is 10.3. The summed E-state index contributed by atoms with van der Waals surface area (Å²) in [5.74, 6) is 0.0580. The van der Waals surface area contributed by atoms with Crippen LogP contribution in [0, 0.1) is 0 Å². The molecule has 0 saturated heterocycles. The summed E-state index contributed by atoms with van der Waals surface area (Å²) in [6.07, 6.45) is 0.700. The molecule has 0 saturated carbocycles. The van der Waals surface area contributed by atoms with Crippen LogP contribution in [-0.4, -0.2) is 17.3 Å². The summed E-state index contributed by atoms with van der Waals surface area (Å²) in [6.45, 7) is 6.99. The lowest BCUT2D eigenvalue weighted by molar-refractivity contribution is 0.148. The zero-order valence-electron chi connectivity index (χ0n) is 12.5. The van der Waals surface area contributed by atoms with Gasteiger partial charge in [-0.25, -0.2) is 0 Å². The largest absolute Gasteiger partial charge is 0.506 e. The van der Waals surface area contributed by atoms with Crippen molar-refractivity contribution in [2.24, 2.45) is 0 Å². The molecule has 118 valence electrons. The Bertz CT molecular complexity index is 532. The molecule has 0 aliphatic carbocycles. The van der Waals surface area contributed by atoms with Crippen LogP contribution in [0.1, 0.15) is 27.7 Å². The summed E-state index contributed by atoms with van der Waals surface area (Å²) in [5, 5.41) is 12.4.